The van der Waals surface area contributed by atoms with E-state index in [2.05, 4.69) is 11.4 Å². The van der Waals surface area contributed by atoms with Crippen LogP contribution >= 0.6 is 0 Å². The predicted octanol–water partition coefficient (Wildman–Crippen LogP) is 3.71. The zero-order valence-corrected chi connectivity index (χ0v) is 11.7. The summed E-state index contributed by atoms with van der Waals surface area (Å²) in [5.41, 5.74) is 3.86. The summed E-state index contributed by atoms with van der Waals surface area (Å²) in [5, 5.41) is 3.41. The summed E-state index contributed by atoms with van der Waals surface area (Å²) >= 11 is 0. The van der Waals surface area contributed by atoms with Crippen LogP contribution in [0, 0.1) is 12.7 Å². The molecule has 0 saturated carbocycles. The number of nitrogens with one attached hydrogen (secondary N) is 1. The monoisotopic (exact) mass is 285 g/mol. The van der Waals surface area contributed by atoms with Crippen LogP contribution in [0.5, 0.6) is 0 Å². The van der Waals surface area contributed by atoms with Gasteiger partial charge in [-0.3, -0.25) is 0 Å². The smallest absolute Gasteiger partial charge is 0.148 e. The second-order valence-electron chi connectivity index (χ2n) is 5.57. The summed E-state index contributed by atoms with van der Waals surface area (Å²) in [6.45, 7) is 2.30. The SMILES string of the molecule is Cc1ccc2c(c1)C1OCOC1C(c1ccccc1F)N2. The molecule has 1 fully saturated rings. The Morgan fingerprint density at radius 1 is 1.10 bits per heavy atom. The average molecular weight is 285 g/mol. The van der Waals surface area contributed by atoms with Gasteiger partial charge in [0.25, 0.3) is 0 Å². The van der Waals surface area contributed by atoms with Gasteiger partial charge in [0.1, 0.15) is 24.8 Å². The Kier molecular flexibility index (Phi) is 2.94. The molecule has 0 aromatic heterocycles. The van der Waals surface area contributed by atoms with Crippen LogP contribution < -0.4 is 5.32 Å². The van der Waals surface area contributed by atoms with Crippen molar-refractivity contribution in [3.63, 3.8) is 0 Å². The number of anilines is 1. The minimum Gasteiger partial charge on any atom is -0.375 e. The molecule has 2 aliphatic heterocycles. The van der Waals surface area contributed by atoms with Gasteiger partial charge in [0, 0.05) is 16.8 Å². The van der Waals surface area contributed by atoms with Gasteiger partial charge in [-0.2, -0.15) is 0 Å². The lowest BCUT2D eigenvalue weighted by atomic mass is 9.88. The van der Waals surface area contributed by atoms with E-state index in [9.17, 15) is 4.39 Å². The normalized spacial score (nSPS) is 26.9. The maximum absolute atomic E-state index is 14.1. The molecule has 108 valence electrons. The third kappa shape index (κ3) is 2.03. The van der Waals surface area contributed by atoms with Crippen LogP contribution in [0.1, 0.15) is 28.8 Å². The van der Waals surface area contributed by atoms with Gasteiger partial charge >= 0.3 is 0 Å². The Balaban J connectivity index is 1.81. The second kappa shape index (κ2) is 4.83. The lowest BCUT2D eigenvalue weighted by Crippen LogP contribution is -2.35. The number of aryl methyl sites for hydroxylation is 1. The van der Waals surface area contributed by atoms with Crippen LogP contribution in [-0.2, 0) is 9.47 Å². The van der Waals surface area contributed by atoms with Gasteiger partial charge in [-0.15, -0.1) is 0 Å². The van der Waals surface area contributed by atoms with Crippen molar-refractivity contribution in [1.82, 2.24) is 0 Å². The standard InChI is InChI=1S/C17H16FNO2/c1-10-6-7-14-12(8-10)16-17(21-9-20-16)15(19-14)11-4-2-3-5-13(11)18/h2-8,15-17,19H,9H2,1H3. The molecular weight excluding hydrogens is 269 g/mol. The molecule has 0 amide bonds. The summed E-state index contributed by atoms with van der Waals surface area (Å²) in [6.07, 6.45) is -0.359. The van der Waals surface area contributed by atoms with E-state index in [1.165, 1.54) is 11.6 Å². The molecule has 3 atom stereocenters. The number of halogens is 1. The first-order valence-corrected chi connectivity index (χ1v) is 7.09. The van der Waals surface area contributed by atoms with Crippen LogP contribution in [0.15, 0.2) is 42.5 Å². The van der Waals surface area contributed by atoms with Gasteiger partial charge in [-0.25, -0.2) is 4.39 Å². The number of hydrogen-bond acceptors (Lipinski definition) is 3. The van der Waals surface area contributed by atoms with E-state index in [0.717, 1.165) is 11.3 Å². The first-order valence-electron chi connectivity index (χ1n) is 7.09. The van der Waals surface area contributed by atoms with Crippen LogP contribution in [0.3, 0.4) is 0 Å². The fourth-order valence-electron chi connectivity index (χ4n) is 3.19. The first-order chi connectivity index (χ1) is 10.2. The summed E-state index contributed by atoms with van der Waals surface area (Å²) in [7, 11) is 0. The summed E-state index contributed by atoms with van der Waals surface area (Å²) in [6, 6.07) is 12.7. The second-order valence-corrected chi connectivity index (χ2v) is 5.57. The Morgan fingerprint density at radius 3 is 2.81 bits per heavy atom. The average Bonchev–Trinajstić information content (AvgIpc) is 2.97. The molecule has 1 N–H and O–H groups in total. The summed E-state index contributed by atoms with van der Waals surface area (Å²) in [5.74, 6) is -0.222. The number of benzene rings is 2. The highest BCUT2D eigenvalue weighted by Crippen LogP contribution is 2.45. The van der Waals surface area contributed by atoms with Crippen molar-refractivity contribution in [2.24, 2.45) is 0 Å². The van der Waals surface area contributed by atoms with E-state index < -0.39 is 0 Å². The van der Waals surface area contributed by atoms with Crippen molar-refractivity contribution in [3.8, 4) is 0 Å². The molecule has 4 heteroatoms. The molecule has 1 saturated heterocycles. The van der Waals surface area contributed by atoms with Gasteiger partial charge in [0.15, 0.2) is 0 Å². The van der Waals surface area contributed by atoms with Crippen molar-refractivity contribution in [2.75, 3.05) is 12.1 Å². The number of ether oxygens (including phenoxy) is 2. The number of rotatable bonds is 1. The molecular formula is C17H16FNO2. The van der Waals surface area contributed by atoms with E-state index in [1.54, 1.807) is 12.1 Å². The zero-order chi connectivity index (χ0) is 14.4. The van der Waals surface area contributed by atoms with Gasteiger partial charge in [0.05, 0.1) is 6.04 Å². The first kappa shape index (κ1) is 12.8. The lowest BCUT2D eigenvalue weighted by molar-refractivity contribution is 0.0365. The minimum atomic E-state index is -0.242. The number of hydrogen-bond donors (Lipinski definition) is 1. The van der Waals surface area contributed by atoms with Crippen molar-refractivity contribution in [1.29, 1.82) is 0 Å². The van der Waals surface area contributed by atoms with Crippen LogP contribution in [0.4, 0.5) is 10.1 Å². The molecule has 0 bridgehead atoms. The van der Waals surface area contributed by atoms with Gasteiger partial charge in [0.2, 0.25) is 0 Å². The highest BCUT2D eigenvalue weighted by atomic mass is 19.1. The number of fused-ring (bicyclic) bond motifs is 3. The fourth-order valence-corrected chi connectivity index (χ4v) is 3.19. The molecule has 0 radical (unpaired) electrons. The van der Waals surface area contributed by atoms with Crippen LogP contribution in [0.25, 0.3) is 0 Å². The third-order valence-corrected chi connectivity index (χ3v) is 4.20. The zero-order valence-electron chi connectivity index (χ0n) is 11.7. The maximum Gasteiger partial charge on any atom is 0.148 e. The molecule has 0 spiro atoms. The van der Waals surface area contributed by atoms with E-state index in [1.807, 2.05) is 25.1 Å². The van der Waals surface area contributed by atoms with E-state index in [0.29, 0.717) is 5.56 Å². The molecule has 0 aliphatic carbocycles. The molecule has 2 heterocycles. The maximum atomic E-state index is 14.1. The van der Waals surface area contributed by atoms with Crippen molar-refractivity contribution in [2.45, 2.75) is 25.2 Å². The van der Waals surface area contributed by atoms with Crippen molar-refractivity contribution < 1.29 is 13.9 Å². The highest BCUT2D eigenvalue weighted by molar-refractivity contribution is 5.58. The Bertz CT molecular complexity index is 688. The van der Waals surface area contributed by atoms with Crippen LogP contribution in [0.2, 0.25) is 0 Å². The van der Waals surface area contributed by atoms with Gasteiger partial charge in [-0.1, -0.05) is 35.9 Å². The molecule has 4 rings (SSSR count). The molecule has 3 unspecified atom stereocenters. The molecule has 2 aliphatic rings. The topological polar surface area (TPSA) is 30.5 Å². The van der Waals surface area contributed by atoms with E-state index >= 15 is 0 Å². The molecule has 3 nitrogen and oxygen atoms in total. The Labute approximate surface area is 122 Å². The summed E-state index contributed by atoms with van der Waals surface area (Å²) < 4.78 is 25.6. The Hall–Kier alpha value is -1.91. The minimum absolute atomic E-state index is 0.147. The summed E-state index contributed by atoms with van der Waals surface area (Å²) in [4.78, 5) is 0. The molecule has 21 heavy (non-hydrogen) atoms. The van der Waals surface area contributed by atoms with Gasteiger partial charge < -0.3 is 14.8 Å². The van der Waals surface area contributed by atoms with E-state index in [-0.39, 0.29) is 30.9 Å². The van der Waals surface area contributed by atoms with Crippen LogP contribution in [-0.4, -0.2) is 12.9 Å². The lowest BCUT2D eigenvalue weighted by Gasteiger charge is -2.35. The van der Waals surface area contributed by atoms with Crippen molar-refractivity contribution in [3.05, 3.63) is 65.0 Å². The Morgan fingerprint density at radius 2 is 1.95 bits per heavy atom. The van der Waals surface area contributed by atoms with Gasteiger partial charge in [-0.05, 0) is 19.1 Å². The van der Waals surface area contributed by atoms with E-state index in [4.69, 9.17) is 9.47 Å². The third-order valence-electron chi connectivity index (χ3n) is 4.20. The largest absolute Gasteiger partial charge is 0.375 e. The fraction of sp³-hybridized carbons (Fsp3) is 0.294. The predicted molar refractivity (Wildman–Crippen MR) is 77.5 cm³/mol. The van der Waals surface area contributed by atoms with Crippen molar-refractivity contribution >= 4 is 5.69 Å². The quantitative estimate of drug-likeness (QED) is 0.866. The molecule has 2 aromatic carbocycles. The highest BCUT2D eigenvalue weighted by Gasteiger charge is 2.43. The molecule has 2 aromatic rings.